The van der Waals surface area contributed by atoms with Crippen LogP contribution in [0.5, 0.6) is 0 Å². The Bertz CT molecular complexity index is 1130. The zero-order valence-corrected chi connectivity index (χ0v) is 15.9. The molecule has 0 saturated carbocycles. The molecule has 0 radical (unpaired) electrons. The largest absolute Gasteiger partial charge is 0.438 e. The van der Waals surface area contributed by atoms with E-state index in [0.717, 1.165) is 21.8 Å². The summed E-state index contributed by atoms with van der Waals surface area (Å²) in [5.41, 5.74) is 3.44. The number of nitrogens with one attached hydrogen (secondary N) is 1. The van der Waals surface area contributed by atoms with Gasteiger partial charge in [-0.25, -0.2) is 14.4 Å². The van der Waals surface area contributed by atoms with Crippen LogP contribution in [-0.4, -0.2) is 20.9 Å². The Kier molecular flexibility index (Phi) is 4.70. The quantitative estimate of drug-likeness (QED) is 0.534. The maximum Gasteiger partial charge on any atom is 0.295 e. The van der Waals surface area contributed by atoms with Crippen molar-refractivity contribution in [1.82, 2.24) is 15.0 Å². The van der Waals surface area contributed by atoms with E-state index >= 15 is 0 Å². The summed E-state index contributed by atoms with van der Waals surface area (Å²) in [5.74, 6) is -0.808. The fraction of sp³-hybridized carbons (Fsp3) is 0.100. The van der Waals surface area contributed by atoms with Crippen LogP contribution in [0, 0.1) is 19.7 Å². The molecule has 140 valence electrons. The van der Waals surface area contributed by atoms with Crippen molar-refractivity contribution in [3.8, 4) is 22.6 Å². The van der Waals surface area contributed by atoms with Crippen molar-refractivity contribution < 1.29 is 13.6 Å². The van der Waals surface area contributed by atoms with E-state index in [-0.39, 0.29) is 11.6 Å². The maximum absolute atomic E-state index is 13.1. The van der Waals surface area contributed by atoms with Crippen molar-refractivity contribution in [2.75, 3.05) is 5.32 Å². The Morgan fingerprint density at radius 1 is 1.07 bits per heavy atom. The van der Waals surface area contributed by atoms with Crippen molar-refractivity contribution in [3.63, 3.8) is 0 Å². The Labute approximate surface area is 164 Å². The highest BCUT2D eigenvalue weighted by molar-refractivity contribution is 7.16. The van der Waals surface area contributed by atoms with Gasteiger partial charge < -0.3 is 4.42 Å². The lowest BCUT2D eigenvalue weighted by Crippen LogP contribution is -2.12. The predicted octanol–water partition coefficient (Wildman–Crippen LogP) is 4.87. The number of thiazole rings is 1. The van der Waals surface area contributed by atoms with Gasteiger partial charge in [-0.15, -0.1) is 11.3 Å². The topological polar surface area (TPSA) is 80.9 Å². The van der Waals surface area contributed by atoms with Crippen LogP contribution >= 0.6 is 11.3 Å². The van der Waals surface area contributed by atoms with Gasteiger partial charge in [-0.2, -0.15) is 0 Å². The third-order valence-electron chi connectivity index (χ3n) is 4.06. The highest BCUT2D eigenvalue weighted by Gasteiger charge is 2.21. The molecular weight excluding hydrogens is 379 g/mol. The number of hydrogen-bond acceptors (Lipinski definition) is 6. The predicted molar refractivity (Wildman–Crippen MR) is 105 cm³/mol. The minimum absolute atomic E-state index is 0.0365. The van der Waals surface area contributed by atoms with Crippen LogP contribution in [0.1, 0.15) is 21.0 Å². The second-order valence-electron chi connectivity index (χ2n) is 6.14. The molecule has 0 aliphatic carbocycles. The summed E-state index contributed by atoms with van der Waals surface area (Å²) in [6, 6.07) is 9.54. The molecule has 0 fully saturated rings. The lowest BCUT2D eigenvalue weighted by molar-refractivity contribution is 0.0997. The molecule has 28 heavy (non-hydrogen) atoms. The van der Waals surface area contributed by atoms with E-state index in [0.29, 0.717) is 16.4 Å². The van der Waals surface area contributed by atoms with E-state index in [1.165, 1.54) is 29.9 Å². The number of oxazole rings is 1. The number of carbonyl (C=O) groups is 1. The number of carbonyl (C=O) groups excluding carboxylic acids is 1. The standard InChI is InChI=1S/C20H15FN4O2S/c1-11-3-8-15(22-9-11)16-12(2)28-20(24-16)25-19(26)18-17(23-10-27-18)13-4-6-14(21)7-5-13/h3-10H,1-2H3,(H,24,25,26). The molecule has 3 aromatic heterocycles. The first kappa shape index (κ1) is 18.0. The smallest absolute Gasteiger partial charge is 0.295 e. The highest BCUT2D eigenvalue weighted by Crippen LogP contribution is 2.30. The van der Waals surface area contributed by atoms with Crippen LogP contribution in [0.4, 0.5) is 9.52 Å². The van der Waals surface area contributed by atoms with E-state index in [2.05, 4.69) is 20.3 Å². The number of anilines is 1. The monoisotopic (exact) mass is 394 g/mol. The highest BCUT2D eigenvalue weighted by atomic mass is 32.1. The zero-order valence-electron chi connectivity index (χ0n) is 15.1. The summed E-state index contributed by atoms with van der Waals surface area (Å²) in [4.78, 5) is 26.6. The number of halogens is 1. The van der Waals surface area contributed by atoms with Crippen molar-refractivity contribution in [2.45, 2.75) is 13.8 Å². The maximum atomic E-state index is 13.1. The van der Waals surface area contributed by atoms with Crippen LogP contribution in [-0.2, 0) is 0 Å². The third-order valence-corrected chi connectivity index (χ3v) is 4.95. The van der Waals surface area contributed by atoms with Gasteiger partial charge in [0.05, 0.1) is 5.69 Å². The molecule has 0 spiro atoms. The SMILES string of the molecule is Cc1ccc(-c2nc(NC(=O)c3ocnc3-c3ccc(F)cc3)sc2C)nc1. The molecule has 0 saturated heterocycles. The first-order chi connectivity index (χ1) is 13.5. The number of rotatable bonds is 4. The van der Waals surface area contributed by atoms with Gasteiger partial charge in [-0.1, -0.05) is 6.07 Å². The first-order valence-electron chi connectivity index (χ1n) is 8.42. The molecule has 0 aliphatic heterocycles. The van der Waals surface area contributed by atoms with Gasteiger partial charge in [0.2, 0.25) is 5.76 Å². The van der Waals surface area contributed by atoms with Gasteiger partial charge >= 0.3 is 0 Å². The fourth-order valence-electron chi connectivity index (χ4n) is 2.67. The van der Waals surface area contributed by atoms with Crippen molar-refractivity contribution in [2.24, 2.45) is 0 Å². The molecule has 0 bridgehead atoms. The van der Waals surface area contributed by atoms with Gasteiger partial charge in [-0.3, -0.25) is 15.1 Å². The third kappa shape index (κ3) is 3.54. The Hall–Kier alpha value is -3.39. The molecule has 1 aromatic carbocycles. The number of aromatic nitrogens is 3. The van der Waals surface area contributed by atoms with Gasteiger partial charge in [-0.05, 0) is 49.7 Å². The average Bonchev–Trinajstić information content (AvgIpc) is 3.30. The summed E-state index contributed by atoms with van der Waals surface area (Å²) in [7, 11) is 0. The summed E-state index contributed by atoms with van der Waals surface area (Å²) in [6.07, 6.45) is 2.96. The van der Waals surface area contributed by atoms with Crippen LogP contribution in [0.15, 0.2) is 53.4 Å². The molecule has 4 aromatic rings. The van der Waals surface area contributed by atoms with Gasteiger partial charge in [0.1, 0.15) is 17.2 Å². The molecule has 4 rings (SSSR count). The van der Waals surface area contributed by atoms with Crippen LogP contribution in [0.3, 0.4) is 0 Å². The van der Waals surface area contributed by atoms with Gasteiger partial charge in [0, 0.05) is 16.6 Å². The van der Waals surface area contributed by atoms with E-state index < -0.39 is 5.91 Å². The molecule has 0 unspecified atom stereocenters. The minimum Gasteiger partial charge on any atom is -0.438 e. The molecule has 8 heteroatoms. The van der Waals surface area contributed by atoms with Gasteiger partial charge in [0.25, 0.3) is 5.91 Å². The molecule has 0 aliphatic rings. The number of aryl methyl sites for hydroxylation is 2. The van der Waals surface area contributed by atoms with Crippen molar-refractivity contribution in [1.29, 1.82) is 0 Å². The molecule has 0 atom stereocenters. The Morgan fingerprint density at radius 2 is 1.86 bits per heavy atom. The number of nitrogens with zero attached hydrogens (tertiary/aromatic N) is 3. The second kappa shape index (κ2) is 7.32. The van der Waals surface area contributed by atoms with E-state index in [1.54, 1.807) is 18.3 Å². The summed E-state index contributed by atoms with van der Waals surface area (Å²) < 4.78 is 18.4. The minimum atomic E-state index is -0.478. The second-order valence-corrected chi connectivity index (χ2v) is 7.34. The Morgan fingerprint density at radius 3 is 2.57 bits per heavy atom. The summed E-state index contributed by atoms with van der Waals surface area (Å²) in [5, 5.41) is 3.17. The number of hydrogen-bond donors (Lipinski definition) is 1. The number of benzene rings is 1. The number of amides is 1. The molecule has 6 nitrogen and oxygen atoms in total. The number of pyridine rings is 1. The van der Waals surface area contributed by atoms with Crippen molar-refractivity contribution >= 4 is 22.4 Å². The van der Waals surface area contributed by atoms with Crippen molar-refractivity contribution in [3.05, 3.63) is 71.0 Å². The Balaban J connectivity index is 1.58. The lowest BCUT2D eigenvalue weighted by Gasteiger charge is -2.02. The van der Waals surface area contributed by atoms with E-state index in [4.69, 9.17) is 4.42 Å². The lowest BCUT2D eigenvalue weighted by atomic mass is 10.1. The van der Waals surface area contributed by atoms with Crippen LogP contribution in [0.25, 0.3) is 22.6 Å². The van der Waals surface area contributed by atoms with Gasteiger partial charge in [0.15, 0.2) is 11.5 Å². The van der Waals surface area contributed by atoms with E-state index in [1.807, 2.05) is 26.0 Å². The summed E-state index contributed by atoms with van der Waals surface area (Å²) >= 11 is 1.35. The molecule has 1 N–H and O–H groups in total. The molecular formula is C20H15FN4O2S. The molecule has 1 amide bonds. The van der Waals surface area contributed by atoms with Crippen LogP contribution in [0.2, 0.25) is 0 Å². The zero-order chi connectivity index (χ0) is 19.7. The first-order valence-corrected chi connectivity index (χ1v) is 9.24. The fourth-order valence-corrected chi connectivity index (χ4v) is 3.49. The average molecular weight is 394 g/mol. The molecule has 3 heterocycles. The summed E-state index contributed by atoms with van der Waals surface area (Å²) in [6.45, 7) is 3.88. The van der Waals surface area contributed by atoms with Crippen LogP contribution < -0.4 is 5.32 Å². The normalized spacial score (nSPS) is 10.8. The van der Waals surface area contributed by atoms with E-state index in [9.17, 15) is 9.18 Å².